The van der Waals surface area contributed by atoms with Crippen LogP contribution in [0.25, 0.3) is 0 Å². The van der Waals surface area contributed by atoms with Crippen molar-refractivity contribution in [2.75, 3.05) is 21.3 Å². The van der Waals surface area contributed by atoms with Gasteiger partial charge in [-0.3, -0.25) is 24.0 Å². The number of carbonyl (C=O) groups is 6. The van der Waals surface area contributed by atoms with Crippen molar-refractivity contribution >= 4 is 35.6 Å². The van der Waals surface area contributed by atoms with Crippen LogP contribution < -0.4 is 16.0 Å². The zero-order valence-electron chi connectivity index (χ0n) is 19.9. The van der Waals surface area contributed by atoms with Gasteiger partial charge in [-0.1, -0.05) is 37.3 Å². The summed E-state index contributed by atoms with van der Waals surface area (Å²) in [6.45, 7) is 1.36. The number of hydrogen-bond acceptors (Lipinski definition) is 9. The Labute approximate surface area is 202 Å². The van der Waals surface area contributed by atoms with Crippen molar-refractivity contribution in [3.05, 3.63) is 35.9 Å². The van der Waals surface area contributed by atoms with E-state index in [1.165, 1.54) is 6.92 Å². The molecule has 0 saturated carbocycles. The minimum Gasteiger partial charge on any atom is -0.468 e. The van der Waals surface area contributed by atoms with Gasteiger partial charge in [0.2, 0.25) is 17.7 Å². The number of carbonyl (C=O) groups excluding carboxylic acids is 6. The Morgan fingerprint density at radius 1 is 0.857 bits per heavy atom. The normalized spacial score (nSPS) is 19.0. The number of amides is 3. The van der Waals surface area contributed by atoms with Crippen molar-refractivity contribution in [1.82, 2.24) is 16.0 Å². The second-order valence-electron chi connectivity index (χ2n) is 7.97. The van der Waals surface area contributed by atoms with E-state index in [0.29, 0.717) is 0 Å². The summed E-state index contributed by atoms with van der Waals surface area (Å²) in [5, 5.41) is 7.49. The lowest BCUT2D eigenvalue weighted by molar-refractivity contribution is -0.163. The summed E-state index contributed by atoms with van der Waals surface area (Å²) in [6, 6.07) is 5.69. The monoisotopic (exact) mass is 491 g/mol. The molecule has 4 atom stereocenters. The Balaban J connectivity index is 2.07. The molecule has 0 aliphatic carbocycles. The third-order valence-corrected chi connectivity index (χ3v) is 5.67. The van der Waals surface area contributed by atoms with Crippen LogP contribution in [0.2, 0.25) is 0 Å². The van der Waals surface area contributed by atoms with E-state index < -0.39 is 72.0 Å². The van der Waals surface area contributed by atoms with Crippen molar-refractivity contribution in [3.8, 4) is 0 Å². The van der Waals surface area contributed by atoms with Gasteiger partial charge < -0.3 is 30.2 Å². The fourth-order valence-electron chi connectivity index (χ4n) is 3.73. The SMILES string of the molecule is COC(=O)C(C(=O)OC)[C@@H](C)[C@H](NC(=O)C[C@@H]1NC(=O)[C@H](Cc2ccccc2)NC1=O)C(=O)OC. The number of nitrogens with one attached hydrogen (secondary N) is 3. The highest BCUT2D eigenvalue weighted by Crippen LogP contribution is 2.21. The molecule has 0 aromatic heterocycles. The number of ether oxygens (including phenoxy) is 3. The lowest BCUT2D eigenvalue weighted by Gasteiger charge is -2.30. The highest BCUT2D eigenvalue weighted by atomic mass is 16.5. The van der Waals surface area contributed by atoms with Gasteiger partial charge in [0, 0.05) is 12.3 Å². The van der Waals surface area contributed by atoms with E-state index in [4.69, 9.17) is 4.74 Å². The van der Waals surface area contributed by atoms with Gasteiger partial charge in [0.05, 0.1) is 27.8 Å². The molecule has 0 radical (unpaired) electrons. The van der Waals surface area contributed by atoms with E-state index in [-0.39, 0.29) is 6.42 Å². The molecular formula is C23H29N3O9. The van der Waals surface area contributed by atoms with E-state index in [1.807, 2.05) is 30.3 Å². The lowest BCUT2D eigenvalue weighted by Crippen LogP contribution is -2.63. The smallest absolute Gasteiger partial charge is 0.328 e. The second kappa shape index (κ2) is 12.5. The van der Waals surface area contributed by atoms with Gasteiger partial charge in [-0.15, -0.1) is 0 Å². The minimum absolute atomic E-state index is 0.279. The van der Waals surface area contributed by atoms with Gasteiger partial charge in [0.15, 0.2) is 5.92 Å². The summed E-state index contributed by atoms with van der Waals surface area (Å²) in [6.07, 6.45) is -0.210. The molecule has 0 bridgehead atoms. The predicted molar refractivity (Wildman–Crippen MR) is 119 cm³/mol. The van der Waals surface area contributed by atoms with E-state index in [1.54, 1.807) is 0 Å². The standard InChI is InChI=1S/C23H29N3O9/c1-12(17(21(30)33-2)22(31)34-3)18(23(32)35-4)26-16(27)11-15-20(29)24-14(19(28)25-15)10-13-8-6-5-7-9-13/h5-9,12,14-15,17-18H,10-11H2,1-4H3,(H,24,29)(H,25,28)(H,26,27)/t12-,14+,15+,18+/m1/s1. The highest BCUT2D eigenvalue weighted by molar-refractivity contribution is 6.00. The van der Waals surface area contributed by atoms with Gasteiger partial charge in [0.25, 0.3) is 0 Å². The summed E-state index contributed by atoms with van der Waals surface area (Å²) in [5.41, 5.74) is 0.852. The zero-order chi connectivity index (χ0) is 26.1. The number of methoxy groups -OCH3 is 3. The molecule has 12 heteroatoms. The van der Waals surface area contributed by atoms with Gasteiger partial charge in [0.1, 0.15) is 18.1 Å². The molecule has 35 heavy (non-hydrogen) atoms. The molecular weight excluding hydrogens is 462 g/mol. The average Bonchev–Trinajstić information content (AvgIpc) is 2.85. The molecule has 1 heterocycles. The van der Waals surface area contributed by atoms with Crippen LogP contribution >= 0.6 is 0 Å². The molecule has 1 aromatic rings. The molecule has 2 rings (SSSR count). The Hall–Kier alpha value is -3.96. The lowest BCUT2D eigenvalue weighted by atomic mass is 9.87. The van der Waals surface area contributed by atoms with E-state index >= 15 is 0 Å². The first-order chi connectivity index (χ1) is 16.6. The summed E-state index contributed by atoms with van der Waals surface area (Å²) in [4.78, 5) is 74.3. The highest BCUT2D eigenvalue weighted by Gasteiger charge is 2.43. The summed E-state index contributed by atoms with van der Waals surface area (Å²) < 4.78 is 13.9. The fourth-order valence-corrected chi connectivity index (χ4v) is 3.73. The zero-order valence-corrected chi connectivity index (χ0v) is 19.9. The maximum Gasteiger partial charge on any atom is 0.328 e. The first-order valence-corrected chi connectivity index (χ1v) is 10.8. The molecule has 3 amide bonds. The predicted octanol–water partition coefficient (Wildman–Crippen LogP) is -1.14. The van der Waals surface area contributed by atoms with Gasteiger partial charge >= 0.3 is 17.9 Å². The van der Waals surface area contributed by atoms with Crippen LogP contribution in [0.4, 0.5) is 0 Å². The Morgan fingerprint density at radius 2 is 1.37 bits per heavy atom. The van der Waals surface area contributed by atoms with Crippen LogP contribution in [0.15, 0.2) is 30.3 Å². The number of hydrogen-bond donors (Lipinski definition) is 3. The van der Waals surface area contributed by atoms with Crippen LogP contribution in [0, 0.1) is 11.8 Å². The van der Waals surface area contributed by atoms with Crippen LogP contribution in [0.1, 0.15) is 18.9 Å². The van der Waals surface area contributed by atoms with Crippen molar-refractivity contribution in [3.63, 3.8) is 0 Å². The third kappa shape index (κ3) is 7.01. The molecule has 190 valence electrons. The molecule has 1 fully saturated rings. The minimum atomic E-state index is -1.52. The Kier molecular flexibility index (Phi) is 9.74. The molecule has 1 aromatic carbocycles. The quantitative estimate of drug-likeness (QED) is 0.208. The van der Waals surface area contributed by atoms with Crippen molar-refractivity contribution < 1.29 is 43.0 Å². The van der Waals surface area contributed by atoms with Crippen LogP contribution in [0.3, 0.4) is 0 Å². The second-order valence-corrected chi connectivity index (χ2v) is 7.97. The Morgan fingerprint density at radius 3 is 1.91 bits per heavy atom. The van der Waals surface area contributed by atoms with E-state index in [0.717, 1.165) is 26.9 Å². The molecule has 12 nitrogen and oxygen atoms in total. The topological polar surface area (TPSA) is 166 Å². The van der Waals surface area contributed by atoms with Crippen LogP contribution in [-0.2, 0) is 49.4 Å². The van der Waals surface area contributed by atoms with Crippen molar-refractivity contribution in [2.24, 2.45) is 11.8 Å². The Bertz CT molecular complexity index is 950. The summed E-state index contributed by atoms with van der Waals surface area (Å²) in [7, 11) is 3.19. The van der Waals surface area contributed by atoms with Gasteiger partial charge in [-0.05, 0) is 5.56 Å². The molecule has 1 saturated heterocycles. The fraction of sp³-hybridized carbons (Fsp3) is 0.478. The number of esters is 3. The molecule has 1 aliphatic heterocycles. The first kappa shape index (κ1) is 27.3. The van der Waals surface area contributed by atoms with Gasteiger partial charge in [-0.2, -0.15) is 0 Å². The van der Waals surface area contributed by atoms with Crippen molar-refractivity contribution in [1.29, 1.82) is 0 Å². The van der Waals surface area contributed by atoms with Crippen molar-refractivity contribution in [2.45, 2.75) is 37.9 Å². The first-order valence-electron chi connectivity index (χ1n) is 10.8. The van der Waals surface area contributed by atoms with Crippen LogP contribution in [0.5, 0.6) is 0 Å². The molecule has 0 unspecified atom stereocenters. The number of benzene rings is 1. The molecule has 0 spiro atoms. The number of rotatable bonds is 10. The van der Waals surface area contributed by atoms with E-state index in [9.17, 15) is 28.8 Å². The summed E-state index contributed by atoms with van der Waals surface area (Å²) >= 11 is 0. The third-order valence-electron chi connectivity index (χ3n) is 5.67. The maximum atomic E-state index is 12.7. The summed E-state index contributed by atoms with van der Waals surface area (Å²) in [5.74, 6) is -7.30. The molecule has 3 N–H and O–H groups in total. The van der Waals surface area contributed by atoms with Gasteiger partial charge in [-0.25, -0.2) is 4.79 Å². The average molecular weight is 491 g/mol. The molecule has 1 aliphatic rings. The maximum absolute atomic E-state index is 12.7. The van der Waals surface area contributed by atoms with E-state index in [2.05, 4.69) is 25.4 Å². The number of piperazine rings is 1. The van der Waals surface area contributed by atoms with Crippen LogP contribution in [-0.4, -0.2) is 75.1 Å². The largest absolute Gasteiger partial charge is 0.468 e.